The molecule has 1 aromatic rings. The molecule has 0 aliphatic carbocycles. The SMILES string of the molecule is CCOC(=O)NC(CNC(=NC)NCCc1nc(C(F)(F)F)cs1)CC(C)C.I. The van der Waals surface area contributed by atoms with Crippen LogP contribution in [-0.4, -0.2) is 49.8 Å². The fraction of sp³-hybridized carbons (Fsp3) is 0.706. The summed E-state index contributed by atoms with van der Waals surface area (Å²) in [5.41, 5.74) is -0.864. The number of nitrogens with zero attached hydrogens (tertiary/aromatic N) is 2. The summed E-state index contributed by atoms with van der Waals surface area (Å²) >= 11 is 0.979. The Hall–Kier alpha value is -1.31. The van der Waals surface area contributed by atoms with Crippen LogP contribution in [-0.2, 0) is 17.3 Å². The van der Waals surface area contributed by atoms with E-state index in [1.54, 1.807) is 14.0 Å². The van der Waals surface area contributed by atoms with Crippen LogP contribution >= 0.6 is 35.3 Å². The van der Waals surface area contributed by atoms with E-state index in [4.69, 9.17) is 4.74 Å². The van der Waals surface area contributed by atoms with E-state index in [1.807, 2.05) is 0 Å². The standard InChI is InChI=1S/C17H28F3N5O2S.HI/c1-5-27-16(26)24-12(8-11(2)3)9-23-15(21-4)22-7-6-14-25-13(10-28-14)17(18,19)20;/h10-12H,5-9H2,1-4H3,(H,24,26)(H2,21,22,23);1H. The number of carbonyl (C=O) groups excluding carboxylic acids is 1. The Kier molecular flexibility index (Phi) is 13.2. The van der Waals surface area contributed by atoms with Crippen LogP contribution in [0.3, 0.4) is 0 Å². The van der Waals surface area contributed by atoms with Crippen LogP contribution in [0, 0.1) is 5.92 Å². The van der Waals surface area contributed by atoms with Gasteiger partial charge in [0.25, 0.3) is 0 Å². The van der Waals surface area contributed by atoms with Crippen LogP contribution in [0.5, 0.6) is 0 Å². The molecule has 168 valence electrons. The van der Waals surface area contributed by atoms with Crippen molar-refractivity contribution in [2.24, 2.45) is 10.9 Å². The molecular weight excluding hydrogens is 522 g/mol. The largest absolute Gasteiger partial charge is 0.450 e. The molecule has 0 saturated carbocycles. The smallest absolute Gasteiger partial charge is 0.434 e. The molecule has 0 bridgehead atoms. The predicted octanol–water partition coefficient (Wildman–Crippen LogP) is 3.65. The number of amides is 1. The Bertz CT molecular complexity index is 641. The number of hydrogen-bond acceptors (Lipinski definition) is 5. The molecule has 1 rings (SSSR count). The number of hydrogen-bond donors (Lipinski definition) is 3. The second-order valence-corrected chi connectivity index (χ2v) is 7.39. The molecular formula is C17H29F3IN5O2S. The van der Waals surface area contributed by atoms with Crippen molar-refractivity contribution in [1.82, 2.24) is 20.9 Å². The zero-order valence-electron chi connectivity index (χ0n) is 16.9. The number of aliphatic imine (C=N–C) groups is 1. The van der Waals surface area contributed by atoms with E-state index in [0.717, 1.165) is 23.1 Å². The number of carbonyl (C=O) groups is 1. The highest BCUT2D eigenvalue weighted by atomic mass is 127. The number of alkyl carbamates (subject to hydrolysis) is 1. The Balaban J connectivity index is 0.00000784. The summed E-state index contributed by atoms with van der Waals surface area (Å²) in [7, 11) is 1.59. The van der Waals surface area contributed by atoms with Gasteiger partial charge in [0.1, 0.15) is 0 Å². The van der Waals surface area contributed by atoms with E-state index in [9.17, 15) is 18.0 Å². The van der Waals surface area contributed by atoms with Gasteiger partial charge in [0.2, 0.25) is 0 Å². The third kappa shape index (κ3) is 11.5. The van der Waals surface area contributed by atoms with Crippen molar-refractivity contribution in [3.05, 3.63) is 16.1 Å². The van der Waals surface area contributed by atoms with Crippen LogP contribution in [0.2, 0.25) is 0 Å². The molecule has 3 N–H and O–H groups in total. The minimum atomic E-state index is -4.42. The van der Waals surface area contributed by atoms with Gasteiger partial charge in [-0.25, -0.2) is 9.78 Å². The summed E-state index contributed by atoms with van der Waals surface area (Å²) in [5.74, 6) is 0.864. The van der Waals surface area contributed by atoms with Gasteiger partial charge in [-0.2, -0.15) is 13.2 Å². The summed E-state index contributed by atoms with van der Waals surface area (Å²) in [6.45, 7) is 6.95. The van der Waals surface area contributed by atoms with Gasteiger partial charge in [-0.15, -0.1) is 35.3 Å². The van der Waals surface area contributed by atoms with Gasteiger partial charge >= 0.3 is 12.3 Å². The molecule has 0 fully saturated rings. The first-order valence-corrected chi connectivity index (χ1v) is 9.93. The predicted molar refractivity (Wildman–Crippen MR) is 119 cm³/mol. The van der Waals surface area contributed by atoms with Crippen molar-refractivity contribution in [3.8, 4) is 0 Å². The number of rotatable bonds is 9. The molecule has 7 nitrogen and oxygen atoms in total. The summed E-state index contributed by atoms with van der Waals surface area (Å²) in [5, 5.41) is 10.4. The van der Waals surface area contributed by atoms with E-state index in [-0.39, 0.29) is 30.0 Å². The minimum Gasteiger partial charge on any atom is -0.450 e. The Morgan fingerprint density at radius 2 is 2.03 bits per heavy atom. The molecule has 0 saturated heterocycles. The molecule has 0 aliphatic heterocycles. The van der Waals surface area contributed by atoms with Crippen molar-refractivity contribution in [2.45, 2.75) is 45.8 Å². The number of alkyl halides is 3. The normalized spacial score (nSPS) is 12.9. The van der Waals surface area contributed by atoms with Crippen LogP contribution in [0.1, 0.15) is 37.9 Å². The summed E-state index contributed by atoms with van der Waals surface area (Å²) in [4.78, 5) is 19.3. The lowest BCUT2D eigenvalue weighted by molar-refractivity contribution is -0.140. The minimum absolute atomic E-state index is 0. The second-order valence-electron chi connectivity index (χ2n) is 6.45. The highest BCUT2D eigenvalue weighted by Crippen LogP contribution is 2.29. The fourth-order valence-corrected chi connectivity index (χ4v) is 3.19. The maximum absolute atomic E-state index is 12.6. The average Bonchev–Trinajstić information content (AvgIpc) is 3.06. The molecule has 1 aromatic heterocycles. The summed E-state index contributed by atoms with van der Waals surface area (Å²) in [6.07, 6.45) is -3.79. The van der Waals surface area contributed by atoms with E-state index in [1.165, 1.54) is 0 Å². The Morgan fingerprint density at radius 3 is 2.55 bits per heavy atom. The first-order valence-electron chi connectivity index (χ1n) is 9.05. The lowest BCUT2D eigenvalue weighted by Crippen LogP contribution is -2.48. The molecule has 0 aliphatic rings. The maximum Gasteiger partial charge on any atom is 0.434 e. The summed E-state index contributed by atoms with van der Waals surface area (Å²) in [6, 6.07) is -0.147. The van der Waals surface area contributed by atoms with E-state index < -0.39 is 18.0 Å². The maximum atomic E-state index is 12.6. The molecule has 12 heteroatoms. The quantitative estimate of drug-likeness (QED) is 0.248. The lowest BCUT2D eigenvalue weighted by atomic mass is 10.0. The monoisotopic (exact) mass is 551 g/mol. The first-order chi connectivity index (χ1) is 13.2. The van der Waals surface area contributed by atoms with Gasteiger partial charge in [0, 0.05) is 38.0 Å². The van der Waals surface area contributed by atoms with E-state index in [0.29, 0.717) is 43.0 Å². The van der Waals surface area contributed by atoms with Crippen molar-refractivity contribution in [1.29, 1.82) is 0 Å². The Morgan fingerprint density at radius 1 is 1.34 bits per heavy atom. The molecule has 1 unspecified atom stereocenters. The van der Waals surface area contributed by atoms with E-state index in [2.05, 4.69) is 39.8 Å². The van der Waals surface area contributed by atoms with Gasteiger partial charge in [-0.1, -0.05) is 13.8 Å². The van der Waals surface area contributed by atoms with Gasteiger partial charge in [0.15, 0.2) is 11.7 Å². The molecule has 0 spiro atoms. The molecule has 0 radical (unpaired) electrons. The van der Waals surface area contributed by atoms with Crippen molar-refractivity contribution < 1.29 is 22.7 Å². The van der Waals surface area contributed by atoms with Gasteiger partial charge in [-0.3, -0.25) is 4.99 Å². The Labute approximate surface area is 190 Å². The van der Waals surface area contributed by atoms with Crippen molar-refractivity contribution in [3.63, 3.8) is 0 Å². The molecule has 1 atom stereocenters. The van der Waals surface area contributed by atoms with Gasteiger partial charge in [-0.05, 0) is 19.3 Å². The third-order valence-corrected chi connectivity index (χ3v) is 4.47. The van der Waals surface area contributed by atoms with Crippen LogP contribution in [0.15, 0.2) is 10.4 Å². The summed E-state index contributed by atoms with van der Waals surface area (Å²) < 4.78 is 42.6. The van der Waals surface area contributed by atoms with Crippen LogP contribution < -0.4 is 16.0 Å². The number of thiazole rings is 1. The van der Waals surface area contributed by atoms with Crippen LogP contribution in [0.25, 0.3) is 0 Å². The van der Waals surface area contributed by atoms with E-state index >= 15 is 0 Å². The fourth-order valence-electron chi connectivity index (χ4n) is 2.39. The molecule has 0 aromatic carbocycles. The average molecular weight is 551 g/mol. The second kappa shape index (κ2) is 13.8. The third-order valence-electron chi connectivity index (χ3n) is 3.57. The number of nitrogens with one attached hydrogen (secondary N) is 3. The highest BCUT2D eigenvalue weighted by molar-refractivity contribution is 14.0. The van der Waals surface area contributed by atoms with Gasteiger partial charge in [0.05, 0.1) is 11.6 Å². The number of halogens is 4. The first kappa shape index (κ1) is 27.7. The molecule has 29 heavy (non-hydrogen) atoms. The lowest BCUT2D eigenvalue weighted by Gasteiger charge is -2.22. The van der Waals surface area contributed by atoms with Gasteiger partial charge < -0.3 is 20.7 Å². The number of ether oxygens (including phenoxy) is 1. The highest BCUT2D eigenvalue weighted by Gasteiger charge is 2.33. The number of guanidine groups is 1. The van der Waals surface area contributed by atoms with Crippen LogP contribution in [0.4, 0.5) is 18.0 Å². The topological polar surface area (TPSA) is 87.6 Å². The molecule has 1 amide bonds. The number of aromatic nitrogens is 1. The molecule has 1 heterocycles. The zero-order valence-corrected chi connectivity index (χ0v) is 20.1. The van der Waals surface area contributed by atoms with Crippen molar-refractivity contribution >= 4 is 47.4 Å². The van der Waals surface area contributed by atoms with Crippen molar-refractivity contribution in [2.75, 3.05) is 26.7 Å². The zero-order chi connectivity index (χ0) is 21.2.